The van der Waals surface area contributed by atoms with Crippen LogP contribution >= 0.6 is 11.8 Å². The number of rotatable bonds is 6. The van der Waals surface area contributed by atoms with Crippen LogP contribution in [-0.4, -0.2) is 16.6 Å². The molecule has 1 heterocycles. The Balaban J connectivity index is 1.95. The molecule has 2 N–H and O–H groups in total. The van der Waals surface area contributed by atoms with Gasteiger partial charge in [0.05, 0.1) is 12.3 Å². The van der Waals surface area contributed by atoms with Crippen LogP contribution in [-0.2, 0) is 12.4 Å². The van der Waals surface area contributed by atoms with Gasteiger partial charge in [-0.15, -0.1) is 11.8 Å². The van der Waals surface area contributed by atoms with E-state index in [4.69, 9.17) is 5.11 Å². The van der Waals surface area contributed by atoms with Crippen LogP contribution in [0.15, 0.2) is 47.5 Å². The van der Waals surface area contributed by atoms with Crippen LogP contribution in [0.3, 0.4) is 0 Å². The molecule has 0 unspecified atom stereocenters. The summed E-state index contributed by atoms with van der Waals surface area (Å²) < 4.78 is 0. The van der Waals surface area contributed by atoms with Gasteiger partial charge in [-0.3, -0.25) is 4.98 Å². The van der Waals surface area contributed by atoms with Crippen molar-refractivity contribution in [2.24, 2.45) is 0 Å². The molecular weight excluding hydrogens is 256 g/mol. The van der Waals surface area contributed by atoms with Gasteiger partial charge in [-0.1, -0.05) is 12.1 Å². The monoisotopic (exact) mass is 274 g/mol. The highest BCUT2D eigenvalue weighted by Gasteiger charge is 1.99. The smallest absolute Gasteiger partial charge is 0.0681 e. The van der Waals surface area contributed by atoms with Gasteiger partial charge in [-0.05, 0) is 36.8 Å². The van der Waals surface area contributed by atoms with Crippen LogP contribution in [0.25, 0.3) is 0 Å². The van der Waals surface area contributed by atoms with Gasteiger partial charge in [0.1, 0.15) is 0 Å². The minimum Gasteiger partial charge on any atom is -0.392 e. The van der Waals surface area contributed by atoms with Gasteiger partial charge in [0.25, 0.3) is 0 Å². The second-order valence-electron chi connectivity index (χ2n) is 4.16. The van der Waals surface area contributed by atoms with Crippen molar-refractivity contribution in [3.63, 3.8) is 0 Å². The lowest BCUT2D eigenvalue weighted by molar-refractivity contribution is 0.282. The van der Waals surface area contributed by atoms with E-state index in [2.05, 4.69) is 23.3 Å². The predicted molar refractivity (Wildman–Crippen MR) is 80.3 cm³/mol. The fourth-order valence-corrected chi connectivity index (χ4v) is 2.52. The first-order valence-corrected chi connectivity index (χ1v) is 7.31. The highest BCUT2D eigenvalue weighted by molar-refractivity contribution is 7.98. The minimum atomic E-state index is 0.0945. The Bertz CT molecular complexity index is 514. The van der Waals surface area contributed by atoms with Crippen LogP contribution in [0.1, 0.15) is 18.2 Å². The van der Waals surface area contributed by atoms with Gasteiger partial charge in [0, 0.05) is 29.1 Å². The van der Waals surface area contributed by atoms with Crippen LogP contribution in [0.4, 0.5) is 5.69 Å². The Hall–Kier alpha value is -1.52. The van der Waals surface area contributed by atoms with E-state index in [1.807, 2.05) is 36.5 Å². The second-order valence-corrected chi connectivity index (χ2v) is 5.21. The van der Waals surface area contributed by atoms with Crippen molar-refractivity contribution in [2.75, 3.05) is 11.9 Å². The third kappa shape index (κ3) is 4.26. The average Bonchev–Trinajstić information content (AvgIpc) is 2.46. The molecule has 19 heavy (non-hydrogen) atoms. The molecule has 0 aliphatic carbocycles. The number of thioether (sulfide) groups is 1. The number of aromatic nitrogens is 1. The standard InChI is InChI=1S/C15H18N2OS/c1-2-16-13-7-8-17-14(9-13)11-19-15-5-3-12(10-18)4-6-15/h3-9,18H,2,10-11H2,1H3,(H,16,17). The summed E-state index contributed by atoms with van der Waals surface area (Å²) in [6.07, 6.45) is 1.84. The van der Waals surface area contributed by atoms with Crippen molar-refractivity contribution in [3.05, 3.63) is 53.9 Å². The van der Waals surface area contributed by atoms with E-state index in [1.54, 1.807) is 11.8 Å². The van der Waals surface area contributed by atoms with Crippen molar-refractivity contribution < 1.29 is 5.11 Å². The Morgan fingerprint density at radius 1 is 1.21 bits per heavy atom. The van der Waals surface area contributed by atoms with Gasteiger partial charge >= 0.3 is 0 Å². The van der Waals surface area contributed by atoms with Crippen molar-refractivity contribution in [3.8, 4) is 0 Å². The van der Waals surface area contributed by atoms with Gasteiger partial charge in [0.15, 0.2) is 0 Å². The molecule has 1 aromatic carbocycles. The van der Waals surface area contributed by atoms with Crippen LogP contribution < -0.4 is 5.32 Å². The molecule has 1 aromatic heterocycles. The molecule has 100 valence electrons. The van der Waals surface area contributed by atoms with E-state index < -0.39 is 0 Å². The largest absolute Gasteiger partial charge is 0.392 e. The fraction of sp³-hybridized carbons (Fsp3) is 0.267. The van der Waals surface area contributed by atoms with Gasteiger partial charge < -0.3 is 10.4 Å². The number of hydrogen-bond acceptors (Lipinski definition) is 4. The zero-order valence-electron chi connectivity index (χ0n) is 11.0. The summed E-state index contributed by atoms with van der Waals surface area (Å²) in [7, 11) is 0. The number of aliphatic hydroxyl groups excluding tert-OH is 1. The van der Waals surface area contributed by atoms with E-state index >= 15 is 0 Å². The molecule has 0 aliphatic rings. The number of hydrogen-bond donors (Lipinski definition) is 2. The topological polar surface area (TPSA) is 45.2 Å². The van der Waals surface area contributed by atoms with Crippen molar-refractivity contribution in [1.29, 1.82) is 0 Å². The minimum absolute atomic E-state index is 0.0945. The Kier molecular flexibility index (Phi) is 5.24. The Morgan fingerprint density at radius 3 is 2.68 bits per heavy atom. The van der Waals surface area contributed by atoms with Gasteiger partial charge in [0.2, 0.25) is 0 Å². The number of anilines is 1. The normalized spacial score (nSPS) is 10.4. The number of aliphatic hydroxyl groups is 1. The molecule has 3 nitrogen and oxygen atoms in total. The SMILES string of the molecule is CCNc1ccnc(CSc2ccc(CO)cc2)c1. The summed E-state index contributed by atoms with van der Waals surface area (Å²) in [6.45, 7) is 3.09. The van der Waals surface area contributed by atoms with E-state index in [0.717, 1.165) is 29.2 Å². The molecule has 0 aliphatic heterocycles. The van der Waals surface area contributed by atoms with Crippen molar-refractivity contribution in [1.82, 2.24) is 4.98 Å². The number of nitrogens with zero attached hydrogens (tertiary/aromatic N) is 1. The molecule has 0 atom stereocenters. The highest BCUT2D eigenvalue weighted by Crippen LogP contribution is 2.23. The average molecular weight is 274 g/mol. The molecule has 0 radical (unpaired) electrons. The number of nitrogens with one attached hydrogen (secondary N) is 1. The van der Waals surface area contributed by atoms with Crippen LogP contribution in [0.2, 0.25) is 0 Å². The van der Waals surface area contributed by atoms with E-state index in [9.17, 15) is 0 Å². The first-order chi connectivity index (χ1) is 9.31. The fourth-order valence-electron chi connectivity index (χ4n) is 1.72. The van der Waals surface area contributed by atoms with Crippen molar-refractivity contribution >= 4 is 17.4 Å². The molecule has 2 rings (SSSR count). The molecule has 0 saturated heterocycles. The lowest BCUT2D eigenvalue weighted by atomic mass is 10.2. The molecule has 0 saturated carbocycles. The van der Waals surface area contributed by atoms with E-state index in [-0.39, 0.29) is 6.61 Å². The maximum atomic E-state index is 8.99. The van der Waals surface area contributed by atoms with Gasteiger partial charge in [-0.25, -0.2) is 0 Å². The lowest BCUT2D eigenvalue weighted by Gasteiger charge is -2.06. The summed E-state index contributed by atoms with van der Waals surface area (Å²) in [5, 5.41) is 12.3. The number of pyridine rings is 1. The van der Waals surface area contributed by atoms with E-state index in [0.29, 0.717) is 0 Å². The zero-order valence-corrected chi connectivity index (χ0v) is 11.8. The molecule has 0 spiro atoms. The molecule has 0 amide bonds. The lowest BCUT2D eigenvalue weighted by Crippen LogP contribution is -1.97. The summed E-state index contributed by atoms with van der Waals surface area (Å²) >= 11 is 1.75. The highest BCUT2D eigenvalue weighted by atomic mass is 32.2. The summed E-state index contributed by atoms with van der Waals surface area (Å²) in [5.74, 6) is 0.845. The van der Waals surface area contributed by atoms with Crippen LogP contribution in [0, 0.1) is 0 Å². The first-order valence-electron chi connectivity index (χ1n) is 6.33. The Morgan fingerprint density at radius 2 is 2.00 bits per heavy atom. The third-order valence-electron chi connectivity index (χ3n) is 2.69. The number of benzene rings is 1. The van der Waals surface area contributed by atoms with Gasteiger partial charge in [-0.2, -0.15) is 0 Å². The van der Waals surface area contributed by atoms with E-state index in [1.165, 1.54) is 4.90 Å². The quantitative estimate of drug-likeness (QED) is 0.793. The maximum Gasteiger partial charge on any atom is 0.0681 e. The third-order valence-corrected chi connectivity index (χ3v) is 3.74. The second kappa shape index (κ2) is 7.16. The zero-order chi connectivity index (χ0) is 13.5. The first kappa shape index (κ1) is 13.9. The predicted octanol–water partition coefficient (Wildman–Crippen LogP) is 3.30. The molecule has 0 fully saturated rings. The molecule has 0 bridgehead atoms. The van der Waals surface area contributed by atoms with Crippen LogP contribution in [0.5, 0.6) is 0 Å². The molecule has 2 aromatic rings. The summed E-state index contributed by atoms with van der Waals surface area (Å²) in [6, 6.07) is 12.0. The van der Waals surface area contributed by atoms with Crippen molar-refractivity contribution in [2.45, 2.75) is 24.2 Å². The maximum absolute atomic E-state index is 8.99. The molecular formula is C15H18N2OS. The summed E-state index contributed by atoms with van der Waals surface area (Å²) in [5.41, 5.74) is 3.12. The summed E-state index contributed by atoms with van der Waals surface area (Å²) in [4.78, 5) is 5.56. The molecule has 4 heteroatoms. The Labute approximate surface area is 118 Å².